The number of amides is 2. The number of rotatable bonds is 3. The quantitative estimate of drug-likeness (QED) is 0.790. The monoisotopic (exact) mass is 284 g/mol. The molecule has 0 bridgehead atoms. The van der Waals surface area contributed by atoms with Crippen LogP contribution in [0.2, 0.25) is 0 Å². The van der Waals surface area contributed by atoms with E-state index in [2.05, 4.69) is 15.5 Å². The Labute approximate surface area is 121 Å². The number of fused-ring (bicyclic) bond motifs is 1. The van der Waals surface area contributed by atoms with E-state index in [1.54, 1.807) is 24.3 Å². The first-order valence-corrected chi connectivity index (χ1v) is 6.85. The maximum absolute atomic E-state index is 12.3. The van der Waals surface area contributed by atoms with Gasteiger partial charge in [0.05, 0.1) is 6.20 Å². The number of aryl methyl sites for hydroxylation is 1. The molecule has 2 aromatic rings. The summed E-state index contributed by atoms with van der Waals surface area (Å²) in [7, 11) is 0. The van der Waals surface area contributed by atoms with Gasteiger partial charge in [-0.25, -0.2) is 0 Å². The molecule has 1 heterocycles. The molecule has 21 heavy (non-hydrogen) atoms. The summed E-state index contributed by atoms with van der Waals surface area (Å²) in [6.45, 7) is 0. The second-order valence-electron chi connectivity index (χ2n) is 5.24. The molecule has 2 amide bonds. The Balaban J connectivity index is 1.65. The van der Waals surface area contributed by atoms with Crippen molar-refractivity contribution in [3.8, 4) is 0 Å². The average Bonchev–Trinajstić information content (AvgIpc) is 2.95. The predicted molar refractivity (Wildman–Crippen MR) is 77.7 cm³/mol. The summed E-state index contributed by atoms with van der Waals surface area (Å²) in [5.74, 6) is -0.553. The SMILES string of the molecule is NC(=O)c1ccc(NC(=O)C2CCc3cn[nH]c3C2)cc1. The van der Waals surface area contributed by atoms with E-state index >= 15 is 0 Å². The first-order valence-electron chi connectivity index (χ1n) is 6.85. The first-order chi connectivity index (χ1) is 10.1. The average molecular weight is 284 g/mol. The zero-order chi connectivity index (χ0) is 14.8. The molecule has 3 rings (SSSR count). The predicted octanol–water partition coefficient (Wildman–Crippen LogP) is 1.25. The van der Waals surface area contributed by atoms with Crippen LogP contribution in [0.4, 0.5) is 5.69 Å². The number of nitrogens with two attached hydrogens (primary N) is 1. The standard InChI is InChI=1S/C15H16N4O2/c16-14(20)9-3-5-12(6-4-9)18-15(21)10-1-2-11-8-17-19-13(11)7-10/h3-6,8,10H,1-2,7H2,(H2,16,20)(H,17,19)(H,18,21). The maximum Gasteiger partial charge on any atom is 0.248 e. The van der Waals surface area contributed by atoms with Crippen LogP contribution in [0.3, 0.4) is 0 Å². The third-order valence-electron chi connectivity index (χ3n) is 3.83. The van der Waals surface area contributed by atoms with Gasteiger partial charge in [0.25, 0.3) is 0 Å². The topological polar surface area (TPSA) is 101 Å². The van der Waals surface area contributed by atoms with Gasteiger partial charge >= 0.3 is 0 Å². The molecule has 1 aromatic heterocycles. The van der Waals surface area contributed by atoms with Crippen LogP contribution in [0, 0.1) is 5.92 Å². The lowest BCUT2D eigenvalue weighted by molar-refractivity contribution is -0.120. The van der Waals surface area contributed by atoms with Crippen LogP contribution in [-0.4, -0.2) is 22.0 Å². The van der Waals surface area contributed by atoms with E-state index < -0.39 is 5.91 Å². The number of aromatic amines is 1. The third-order valence-corrected chi connectivity index (χ3v) is 3.83. The Morgan fingerprint density at radius 3 is 2.76 bits per heavy atom. The second-order valence-corrected chi connectivity index (χ2v) is 5.24. The molecule has 0 saturated heterocycles. The van der Waals surface area contributed by atoms with Gasteiger partial charge in [-0.05, 0) is 42.7 Å². The lowest BCUT2D eigenvalue weighted by atomic mass is 9.87. The van der Waals surface area contributed by atoms with Crippen molar-refractivity contribution in [1.82, 2.24) is 10.2 Å². The zero-order valence-electron chi connectivity index (χ0n) is 11.4. The van der Waals surface area contributed by atoms with Crippen LogP contribution >= 0.6 is 0 Å². The molecule has 0 fully saturated rings. The fourth-order valence-electron chi connectivity index (χ4n) is 2.59. The number of aromatic nitrogens is 2. The number of carbonyl (C=O) groups excluding carboxylic acids is 2. The molecule has 1 aromatic carbocycles. The van der Waals surface area contributed by atoms with Crippen LogP contribution in [0.15, 0.2) is 30.5 Å². The molecule has 1 aliphatic rings. The minimum Gasteiger partial charge on any atom is -0.366 e. The molecule has 1 atom stereocenters. The highest BCUT2D eigenvalue weighted by molar-refractivity contribution is 5.95. The molecule has 6 nitrogen and oxygen atoms in total. The molecule has 0 radical (unpaired) electrons. The fourth-order valence-corrected chi connectivity index (χ4v) is 2.59. The zero-order valence-corrected chi connectivity index (χ0v) is 11.4. The molecule has 0 aliphatic heterocycles. The third kappa shape index (κ3) is 2.79. The fraction of sp³-hybridized carbons (Fsp3) is 0.267. The van der Waals surface area contributed by atoms with E-state index in [1.165, 1.54) is 5.56 Å². The molecule has 108 valence electrons. The Hall–Kier alpha value is -2.63. The van der Waals surface area contributed by atoms with E-state index in [9.17, 15) is 9.59 Å². The lowest BCUT2D eigenvalue weighted by Crippen LogP contribution is -2.28. The normalized spacial score (nSPS) is 17.0. The molecule has 4 N–H and O–H groups in total. The lowest BCUT2D eigenvalue weighted by Gasteiger charge is -2.20. The van der Waals surface area contributed by atoms with Gasteiger partial charge in [0.1, 0.15) is 0 Å². The van der Waals surface area contributed by atoms with Gasteiger partial charge in [-0.3, -0.25) is 14.7 Å². The van der Waals surface area contributed by atoms with Gasteiger partial charge in [-0.2, -0.15) is 5.10 Å². The largest absolute Gasteiger partial charge is 0.366 e. The van der Waals surface area contributed by atoms with E-state index in [-0.39, 0.29) is 11.8 Å². The number of carbonyl (C=O) groups is 2. The van der Waals surface area contributed by atoms with Crippen LogP contribution < -0.4 is 11.1 Å². The summed E-state index contributed by atoms with van der Waals surface area (Å²) in [6, 6.07) is 6.57. The summed E-state index contributed by atoms with van der Waals surface area (Å²) < 4.78 is 0. The summed E-state index contributed by atoms with van der Waals surface area (Å²) in [6.07, 6.45) is 4.19. The molecule has 0 spiro atoms. The van der Waals surface area contributed by atoms with Crippen molar-refractivity contribution in [2.75, 3.05) is 5.32 Å². The Kier molecular flexibility index (Phi) is 3.43. The Morgan fingerprint density at radius 2 is 2.05 bits per heavy atom. The molecule has 0 saturated carbocycles. The number of primary amides is 1. The minimum atomic E-state index is -0.480. The van der Waals surface area contributed by atoms with Crippen molar-refractivity contribution in [2.24, 2.45) is 11.7 Å². The number of nitrogens with zero attached hydrogens (tertiary/aromatic N) is 1. The van der Waals surface area contributed by atoms with E-state index in [4.69, 9.17) is 5.73 Å². The number of H-pyrrole nitrogens is 1. The second kappa shape index (κ2) is 5.40. The van der Waals surface area contributed by atoms with Crippen molar-refractivity contribution in [2.45, 2.75) is 19.3 Å². The minimum absolute atomic E-state index is 0.0120. The molecule has 1 unspecified atom stereocenters. The van der Waals surface area contributed by atoms with Crippen molar-refractivity contribution < 1.29 is 9.59 Å². The van der Waals surface area contributed by atoms with Gasteiger partial charge in [0.2, 0.25) is 11.8 Å². The molecule has 6 heteroatoms. The Morgan fingerprint density at radius 1 is 1.29 bits per heavy atom. The van der Waals surface area contributed by atoms with Crippen molar-refractivity contribution in [3.63, 3.8) is 0 Å². The maximum atomic E-state index is 12.3. The highest BCUT2D eigenvalue weighted by Crippen LogP contribution is 2.24. The summed E-state index contributed by atoms with van der Waals surface area (Å²) in [5.41, 5.74) is 8.52. The summed E-state index contributed by atoms with van der Waals surface area (Å²) in [5, 5.41) is 9.83. The number of anilines is 1. The van der Waals surface area contributed by atoms with Gasteiger partial charge in [-0.15, -0.1) is 0 Å². The van der Waals surface area contributed by atoms with Crippen LogP contribution in [0.25, 0.3) is 0 Å². The van der Waals surface area contributed by atoms with Gasteiger partial charge < -0.3 is 11.1 Å². The van der Waals surface area contributed by atoms with Crippen molar-refractivity contribution in [3.05, 3.63) is 47.3 Å². The highest BCUT2D eigenvalue weighted by atomic mass is 16.2. The molecular formula is C15H16N4O2. The molecular weight excluding hydrogens is 268 g/mol. The van der Waals surface area contributed by atoms with E-state index in [0.29, 0.717) is 17.7 Å². The van der Waals surface area contributed by atoms with Crippen molar-refractivity contribution >= 4 is 17.5 Å². The summed E-state index contributed by atoms with van der Waals surface area (Å²) >= 11 is 0. The van der Waals surface area contributed by atoms with Crippen LogP contribution in [0.5, 0.6) is 0 Å². The number of hydrogen-bond donors (Lipinski definition) is 3. The molecule has 1 aliphatic carbocycles. The van der Waals surface area contributed by atoms with Gasteiger partial charge in [0, 0.05) is 29.3 Å². The summed E-state index contributed by atoms with van der Waals surface area (Å²) in [4.78, 5) is 23.3. The number of hydrogen-bond acceptors (Lipinski definition) is 3. The van der Waals surface area contributed by atoms with Crippen LogP contribution in [0.1, 0.15) is 28.0 Å². The van der Waals surface area contributed by atoms with Crippen molar-refractivity contribution in [1.29, 1.82) is 0 Å². The van der Waals surface area contributed by atoms with Crippen LogP contribution in [-0.2, 0) is 17.6 Å². The van der Waals surface area contributed by atoms with Gasteiger partial charge in [-0.1, -0.05) is 0 Å². The number of nitrogens with one attached hydrogen (secondary N) is 2. The smallest absolute Gasteiger partial charge is 0.248 e. The van der Waals surface area contributed by atoms with E-state index in [0.717, 1.165) is 18.5 Å². The highest BCUT2D eigenvalue weighted by Gasteiger charge is 2.25. The van der Waals surface area contributed by atoms with Gasteiger partial charge in [0.15, 0.2) is 0 Å². The Bertz CT molecular complexity index is 675. The first kappa shape index (κ1) is 13.4. The van der Waals surface area contributed by atoms with E-state index in [1.807, 2.05) is 6.20 Å². The number of benzene rings is 1.